The van der Waals surface area contributed by atoms with Crippen LogP contribution in [0.2, 0.25) is 5.02 Å². The number of nitro groups is 2. The van der Waals surface area contributed by atoms with Crippen molar-refractivity contribution < 1.29 is 28.9 Å². The molecule has 0 heterocycles. The molecule has 30 heavy (non-hydrogen) atoms. The summed E-state index contributed by atoms with van der Waals surface area (Å²) in [7, 11) is 2.59. The number of non-ortho nitro benzene ring substituents is 1. The predicted octanol–water partition coefficient (Wildman–Crippen LogP) is 3.16. The minimum absolute atomic E-state index is 0.0436. The van der Waals surface area contributed by atoms with Crippen LogP contribution in [0.15, 0.2) is 35.4 Å². The lowest BCUT2D eigenvalue weighted by Gasteiger charge is -2.12. The first kappa shape index (κ1) is 22.4. The van der Waals surface area contributed by atoms with Gasteiger partial charge >= 0.3 is 11.7 Å². The molecule has 0 saturated carbocycles. The molecule has 0 spiro atoms. The summed E-state index contributed by atoms with van der Waals surface area (Å²) in [4.78, 5) is 31.6. The third-order valence-corrected chi connectivity index (χ3v) is 3.88. The predicted molar refractivity (Wildman–Crippen MR) is 106 cm³/mol. The Kier molecular flexibility index (Phi) is 7.47. The van der Waals surface area contributed by atoms with Crippen molar-refractivity contribution in [2.24, 2.45) is 5.10 Å². The number of nitrogens with one attached hydrogen (secondary N) is 1. The van der Waals surface area contributed by atoms with Crippen molar-refractivity contribution in [1.82, 2.24) is 0 Å². The molecule has 0 saturated heterocycles. The average Bonchev–Trinajstić information content (AvgIpc) is 2.72. The number of esters is 1. The summed E-state index contributed by atoms with van der Waals surface area (Å²) >= 11 is 6.16. The maximum Gasteiger partial charge on any atom is 0.343 e. The molecule has 13 heteroatoms. The zero-order valence-electron chi connectivity index (χ0n) is 15.7. The molecule has 1 N–H and O–H groups in total. The van der Waals surface area contributed by atoms with E-state index >= 15 is 0 Å². The number of ether oxygens (including phenoxy) is 3. The Bertz CT molecular complexity index is 1010. The molecule has 0 radical (unpaired) electrons. The fraction of sp³-hybridized carbons (Fsp3) is 0.176. The molecule has 2 aromatic carbocycles. The zero-order valence-corrected chi connectivity index (χ0v) is 16.4. The fourth-order valence-corrected chi connectivity index (χ4v) is 2.47. The Morgan fingerprint density at radius 3 is 2.53 bits per heavy atom. The van der Waals surface area contributed by atoms with E-state index in [1.807, 2.05) is 0 Å². The van der Waals surface area contributed by atoms with Gasteiger partial charge < -0.3 is 14.2 Å². The maximum atomic E-state index is 11.2. The Morgan fingerprint density at radius 2 is 1.93 bits per heavy atom. The lowest BCUT2D eigenvalue weighted by atomic mass is 10.2. The molecule has 0 bridgehead atoms. The van der Waals surface area contributed by atoms with Crippen LogP contribution in [-0.4, -0.2) is 42.9 Å². The maximum absolute atomic E-state index is 11.2. The van der Waals surface area contributed by atoms with Crippen molar-refractivity contribution in [3.05, 3.63) is 61.1 Å². The summed E-state index contributed by atoms with van der Waals surface area (Å²) in [5.41, 5.74) is 1.93. The standard InChI is InChI=1S/C17H15ClN4O8/c1-28-15-6-10(5-12(18)17(15)30-9-16(23)29-2)8-19-20-13-4-3-11(21(24)25)7-14(13)22(26)27/h3-8,20H,9H2,1-2H3/b19-8-. The van der Waals surface area contributed by atoms with E-state index in [0.29, 0.717) is 5.56 Å². The summed E-state index contributed by atoms with van der Waals surface area (Å²) in [5.74, 6) is -0.262. The number of benzene rings is 2. The Labute approximate surface area is 174 Å². The van der Waals surface area contributed by atoms with Gasteiger partial charge in [0, 0.05) is 6.07 Å². The summed E-state index contributed by atoms with van der Waals surface area (Å²) in [6, 6.07) is 6.08. The third kappa shape index (κ3) is 5.54. The van der Waals surface area contributed by atoms with Gasteiger partial charge in [-0.3, -0.25) is 25.7 Å². The molecular weight excluding hydrogens is 424 g/mol. The molecule has 12 nitrogen and oxygen atoms in total. The second-order valence-electron chi connectivity index (χ2n) is 5.48. The smallest absolute Gasteiger partial charge is 0.343 e. The van der Waals surface area contributed by atoms with Crippen molar-refractivity contribution in [2.75, 3.05) is 26.3 Å². The van der Waals surface area contributed by atoms with E-state index in [-0.39, 0.29) is 28.8 Å². The second-order valence-corrected chi connectivity index (χ2v) is 5.89. The van der Waals surface area contributed by atoms with Crippen LogP contribution in [0.5, 0.6) is 11.5 Å². The van der Waals surface area contributed by atoms with Crippen molar-refractivity contribution >= 4 is 40.8 Å². The SMILES string of the molecule is COC(=O)COc1c(Cl)cc(/C=N\Nc2ccc([N+](=O)[O-])cc2[N+](=O)[O-])cc1OC. The van der Waals surface area contributed by atoms with E-state index in [2.05, 4.69) is 15.3 Å². The monoisotopic (exact) mass is 438 g/mol. The molecule has 0 unspecified atom stereocenters. The largest absolute Gasteiger partial charge is 0.493 e. The van der Waals surface area contributed by atoms with Crippen LogP contribution in [-0.2, 0) is 9.53 Å². The quantitative estimate of drug-likeness (QED) is 0.269. The Hall–Kier alpha value is -3.93. The highest BCUT2D eigenvalue weighted by Crippen LogP contribution is 2.36. The van der Waals surface area contributed by atoms with Crippen LogP contribution in [0.4, 0.5) is 17.1 Å². The first-order valence-corrected chi connectivity index (χ1v) is 8.43. The number of hydrogen-bond donors (Lipinski definition) is 1. The Balaban J connectivity index is 2.22. The number of rotatable bonds is 9. The number of nitro benzene ring substituents is 2. The number of carbonyl (C=O) groups excluding carboxylic acids is 1. The minimum atomic E-state index is -0.766. The molecule has 0 aliphatic heterocycles. The van der Waals surface area contributed by atoms with Gasteiger partial charge in [0.1, 0.15) is 5.69 Å². The number of nitrogens with zero attached hydrogens (tertiary/aromatic N) is 3. The second kappa shape index (κ2) is 10.0. The zero-order chi connectivity index (χ0) is 22.3. The van der Waals surface area contributed by atoms with Gasteiger partial charge in [-0.25, -0.2) is 4.79 Å². The molecule has 2 rings (SSSR count). The van der Waals surface area contributed by atoms with Gasteiger partial charge in [0.2, 0.25) is 0 Å². The average molecular weight is 439 g/mol. The first-order chi connectivity index (χ1) is 14.3. The summed E-state index contributed by atoms with van der Waals surface area (Å²) in [5, 5.41) is 25.9. The number of methoxy groups -OCH3 is 2. The number of halogens is 1. The van der Waals surface area contributed by atoms with Crippen LogP contribution < -0.4 is 14.9 Å². The van der Waals surface area contributed by atoms with E-state index < -0.39 is 27.2 Å². The lowest BCUT2D eigenvalue weighted by Crippen LogP contribution is -2.13. The van der Waals surface area contributed by atoms with Crippen LogP contribution in [0.3, 0.4) is 0 Å². The van der Waals surface area contributed by atoms with Gasteiger partial charge in [-0.2, -0.15) is 5.10 Å². The molecule has 0 amide bonds. The van der Waals surface area contributed by atoms with Gasteiger partial charge in [-0.1, -0.05) is 11.6 Å². The third-order valence-electron chi connectivity index (χ3n) is 3.60. The molecule has 0 fully saturated rings. The van der Waals surface area contributed by atoms with Gasteiger partial charge in [0.15, 0.2) is 18.1 Å². The number of anilines is 1. The highest BCUT2D eigenvalue weighted by atomic mass is 35.5. The first-order valence-electron chi connectivity index (χ1n) is 8.05. The van der Waals surface area contributed by atoms with Gasteiger partial charge in [0.25, 0.3) is 5.69 Å². The molecular formula is C17H15ClN4O8. The lowest BCUT2D eigenvalue weighted by molar-refractivity contribution is -0.393. The molecule has 0 aliphatic rings. The normalized spacial score (nSPS) is 10.5. The van der Waals surface area contributed by atoms with Crippen molar-refractivity contribution in [3.8, 4) is 11.5 Å². The molecule has 0 aromatic heterocycles. The van der Waals surface area contributed by atoms with Crippen LogP contribution >= 0.6 is 11.6 Å². The van der Waals surface area contributed by atoms with Crippen LogP contribution in [0.25, 0.3) is 0 Å². The Morgan fingerprint density at radius 1 is 1.20 bits per heavy atom. The summed E-state index contributed by atoms with van der Waals surface area (Å²) in [6.45, 7) is -0.370. The molecule has 0 aliphatic carbocycles. The number of carbonyl (C=O) groups is 1. The van der Waals surface area contributed by atoms with E-state index in [1.54, 1.807) is 0 Å². The fourth-order valence-electron chi connectivity index (χ4n) is 2.20. The van der Waals surface area contributed by atoms with E-state index in [4.69, 9.17) is 21.1 Å². The summed E-state index contributed by atoms with van der Waals surface area (Å²) < 4.78 is 15.0. The topological polar surface area (TPSA) is 155 Å². The van der Waals surface area contributed by atoms with Gasteiger partial charge in [-0.15, -0.1) is 0 Å². The van der Waals surface area contributed by atoms with Crippen LogP contribution in [0.1, 0.15) is 5.56 Å². The summed E-state index contributed by atoms with van der Waals surface area (Å²) in [6.07, 6.45) is 1.30. The minimum Gasteiger partial charge on any atom is -0.493 e. The molecule has 2 aromatic rings. The molecule has 0 atom stereocenters. The van der Waals surface area contributed by atoms with Crippen molar-refractivity contribution in [1.29, 1.82) is 0 Å². The number of hydrazone groups is 1. The van der Waals surface area contributed by atoms with Crippen LogP contribution in [0, 0.1) is 20.2 Å². The van der Waals surface area contributed by atoms with E-state index in [1.165, 1.54) is 38.6 Å². The highest BCUT2D eigenvalue weighted by molar-refractivity contribution is 6.32. The van der Waals surface area contributed by atoms with Gasteiger partial charge in [-0.05, 0) is 23.8 Å². The van der Waals surface area contributed by atoms with Crippen molar-refractivity contribution in [3.63, 3.8) is 0 Å². The molecule has 158 valence electrons. The van der Waals surface area contributed by atoms with E-state index in [0.717, 1.165) is 12.1 Å². The van der Waals surface area contributed by atoms with Gasteiger partial charge in [0.05, 0.1) is 41.4 Å². The highest BCUT2D eigenvalue weighted by Gasteiger charge is 2.19. The number of hydrogen-bond acceptors (Lipinski definition) is 10. The van der Waals surface area contributed by atoms with Crippen molar-refractivity contribution in [2.45, 2.75) is 0 Å². The van der Waals surface area contributed by atoms with E-state index in [9.17, 15) is 25.0 Å².